The third-order valence-corrected chi connectivity index (χ3v) is 3.88. The first-order valence-electron chi connectivity index (χ1n) is 6.12. The van der Waals surface area contributed by atoms with E-state index in [9.17, 15) is 0 Å². The average Bonchev–Trinajstić information content (AvgIpc) is 2.36. The number of hydrogen-bond acceptors (Lipinski definition) is 3. The zero-order valence-corrected chi connectivity index (χ0v) is 10.2. The molecule has 0 aromatic carbocycles. The van der Waals surface area contributed by atoms with Gasteiger partial charge in [-0.1, -0.05) is 19.3 Å². The van der Waals surface area contributed by atoms with Crippen molar-refractivity contribution in [3.05, 3.63) is 0 Å². The smallest absolute Gasteiger partial charge is 0.192 e. The highest BCUT2D eigenvalue weighted by Gasteiger charge is 2.41. The predicted molar refractivity (Wildman–Crippen MR) is 63.8 cm³/mol. The summed E-state index contributed by atoms with van der Waals surface area (Å²) in [7, 11) is 0. The molecule has 1 saturated carbocycles. The molecule has 3 heteroatoms. The SMILES string of the molecule is CC(C)N1C(N)=NCC1(C)CC1CCC1. The third kappa shape index (κ3) is 1.84. The van der Waals surface area contributed by atoms with E-state index < -0.39 is 0 Å². The number of rotatable bonds is 3. The second kappa shape index (κ2) is 3.69. The summed E-state index contributed by atoms with van der Waals surface area (Å²) in [6, 6.07) is 0.460. The summed E-state index contributed by atoms with van der Waals surface area (Å²) in [5.74, 6) is 1.66. The van der Waals surface area contributed by atoms with Gasteiger partial charge in [0.25, 0.3) is 0 Å². The zero-order valence-electron chi connectivity index (χ0n) is 10.2. The Morgan fingerprint density at radius 2 is 2.20 bits per heavy atom. The van der Waals surface area contributed by atoms with Crippen molar-refractivity contribution in [1.82, 2.24) is 4.90 Å². The summed E-state index contributed by atoms with van der Waals surface area (Å²) in [5, 5.41) is 0. The van der Waals surface area contributed by atoms with Crippen molar-refractivity contribution in [1.29, 1.82) is 0 Å². The van der Waals surface area contributed by atoms with Crippen molar-refractivity contribution in [3.63, 3.8) is 0 Å². The van der Waals surface area contributed by atoms with Crippen LogP contribution in [0.15, 0.2) is 4.99 Å². The maximum atomic E-state index is 5.97. The normalized spacial score (nSPS) is 32.0. The number of aliphatic imine (C=N–C) groups is 1. The van der Waals surface area contributed by atoms with E-state index in [-0.39, 0.29) is 5.54 Å². The Morgan fingerprint density at radius 1 is 1.53 bits per heavy atom. The van der Waals surface area contributed by atoms with E-state index in [0.29, 0.717) is 6.04 Å². The van der Waals surface area contributed by atoms with Crippen LogP contribution in [-0.4, -0.2) is 29.0 Å². The lowest BCUT2D eigenvalue weighted by molar-refractivity contribution is 0.121. The maximum absolute atomic E-state index is 5.97. The number of nitrogens with two attached hydrogens (primary N) is 1. The Labute approximate surface area is 92.7 Å². The highest BCUT2D eigenvalue weighted by atomic mass is 15.4. The molecule has 15 heavy (non-hydrogen) atoms. The van der Waals surface area contributed by atoms with Gasteiger partial charge in [0, 0.05) is 6.04 Å². The van der Waals surface area contributed by atoms with Crippen LogP contribution < -0.4 is 5.73 Å². The van der Waals surface area contributed by atoms with Crippen molar-refractivity contribution in [2.24, 2.45) is 16.6 Å². The Morgan fingerprint density at radius 3 is 2.67 bits per heavy atom. The van der Waals surface area contributed by atoms with Crippen LogP contribution in [0.25, 0.3) is 0 Å². The van der Waals surface area contributed by atoms with E-state index in [1.54, 1.807) is 0 Å². The molecule has 1 fully saturated rings. The van der Waals surface area contributed by atoms with Crippen molar-refractivity contribution in [2.45, 2.75) is 58.0 Å². The molecule has 86 valence electrons. The lowest BCUT2D eigenvalue weighted by Gasteiger charge is -2.43. The van der Waals surface area contributed by atoms with E-state index in [1.165, 1.54) is 25.7 Å². The van der Waals surface area contributed by atoms with Crippen LogP contribution in [0.5, 0.6) is 0 Å². The first kappa shape index (κ1) is 10.8. The average molecular weight is 209 g/mol. The van der Waals surface area contributed by atoms with Crippen LogP contribution >= 0.6 is 0 Å². The van der Waals surface area contributed by atoms with Gasteiger partial charge in [0.05, 0.1) is 12.1 Å². The Hall–Kier alpha value is -0.730. The molecule has 0 aromatic rings. The number of guanidine groups is 1. The van der Waals surface area contributed by atoms with Crippen LogP contribution in [0, 0.1) is 5.92 Å². The van der Waals surface area contributed by atoms with Gasteiger partial charge in [-0.25, -0.2) is 0 Å². The van der Waals surface area contributed by atoms with Crippen LogP contribution in [0.1, 0.15) is 46.5 Å². The monoisotopic (exact) mass is 209 g/mol. The molecule has 0 amide bonds. The highest BCUT2D eigenvalue weighted by Crippen LogP contribution is 2.38. The minimum Gasteiger partial charge on any atom is -0.370 e. The molecule has 1 atom stereocenters. The lowest BCUT2D eigenvalue weighted by atomic mass is 9.76. The molecule has 2 rings (SSSR count). The summed E-state index contributed by atoms with van der Waals surface area (Å²) in [4.78, 5) is 6.73. The van der Waals surface area contributed by atoms with Gasteiger partial charge < -0.3 is 10.6 Å². The molecule has 1 aliphatic heterocycles. The molecule has 2 N–H and O–H groups in total. The second-order valence-electron chi connectivity index (χ2n) is 5.64. The predicted octanol–water partition coefficient (Wildman–Crippen LogP) is 1.97. The summed E-state index contributed by atoms with van der Waals surface area (Å²) >= 11 is 0. The first-order chi connectivity index (χ1) is 7.03. The van der Waals surface area contributed by atoms with Gasteiger partial charge in [-0.3, -0.25) is 4.99 Å². The van der Waals surface area contributed by atoms with Crippen molar-refractivity contribution in [3.8, 4) is 0 Å². The van der Waals surface area contributed by atoms with Gasteiger partial charge in [-0.2, -0.15) is 0 Å². The fourth-order valence-corrected chi connectivity index (χ4v) is 3.05. The third-order valence-electron chi connectivity index (χ3n) is 3.88. The molecule has 1 unspecified atom stereocenters. The second-order valence-corrected chi connectivity index (χ2v) is 5.64. The molecular weight excluding hydrogens is 186 g/mol. The topological polar surface area (TPSA) is 41.6 Å². The van der Waals surface area contributed by atoms with Crippen LogP contribution in [0.2, 0.25) is 0 Å². The molecular formula is C12H23N3. The fraction of sp³-hybridized carbons (Fsp3) is 0.917. The van der Waals surface area contributed by atoms with E-state index >= 15 is 0 Å². The summed E-state index contributed by atoms with van der Waals surface area (Å²) in [6.07, 6.45) is 5.48. The lowest BCUT2D eigenvalue weighted by Crippen LogP contribution is -2.54. The number of hydrogen-bond donors (Lipinski definition) is 1. The molecule has 0 bridgehead atoms. The van der Waals surface area contributed by atoms with Gasteiger partial charge in [0.15, 0.2) is 5.96 Å². The van der Waals surface area contributed by atoms with Gasteiger partial charge in [-0.15, -0.1) is 0 Å². The Bertz CT molecular complexity index is 268. The van der Waals surface area contributed by atoms with Crippen LogP contribution in [-0.2, 0) is 0 Å². The van der Waals surface area contributed by atoms with Crippen molar-refractivity contribution < 1.29 is 0 Å². The molecule has 0 aromatic heterocycles. The van der Waals surface area contributed by atoms with E-state index in [1.807, 2.05) is 0 Å². The van der Waals surface area contributed by atoms with E-state index in [4.69, 9.17) is 5.73 Å². The largest absolute Gasteiger partial charge is 0.370 e. The maximum Gasteiger partial charge on any atom is 0.192 e. The highest BCUT2D eigenvalue weighted by molar-refractivity contribution is 5.81. The zero-order chi connectivity index (χ0) is 11.1. The molecule has 1 heterocycles. The van der Waals surface area contributed by atoms with E-state index in [0.717, 1.165) is 18.4 Å². The summed E-state index contributed by atoms with van der Waals surface area (Å²) in [6.45, 7) is 7.60. The molecule has 1 aliphatic carbocycles. The molecule has 0 spiro atoms. The van der Waals surface area contributed by atoms with Crippen molar-refractivity contribution >= 4 is 5.96 Å². The van der Waals surface area contributed by atoms with Gasteiger partial charge >= 0.3 is 0 Å². The quantitative estimate of drug-likeness (QED) is 0.772. The van der Waals surface area contributed by atoms with Crippen LogP contribution in [0.3, 0.4) is 0 Å². The standard InChI is InChI=1S/C12H23N3/c1-9(2)15-11(13)14-8-12(15,3)7-10-5-4-6-10/h9-10H,4-8H2,1-3H3,(H2,13,14). The Kier molecular flexibility index (Phi) is 2.65. The summed E-state index contributed by atoms with van der Waals surface area (Å²) < 4.78 is 0. The first-order valence-corrected chi connectivity index (χ1v) is 6.12. The summed E-state index contributed by atoms with van der Waals surface area (Å²) in [5.41, 5.74) is 6.15. The minimum atomic E-state index is 0.184. The van der Waals surface area contributed by atoms with Crippen molar-refractivity contribution in [2.75, 3.05) is 6.54 Å². The fourth-order valence-electron chi connectivity index (χ4n) is 3.05. The van der Waals surface area contributed by atoms with Crippen LogP contribution in [0.4, 0.5) is 0 Å². The molecule has 3 nitrogen and oxygen atoms in total. The Balaban J connectivity index is 2.06. The molecule has 0 radical (unpaired) electrons. The molecule has 0 saturated heterocycles. The van der Waals surface area contributed by atoms with Gasteiger partial charge in [0.2, 0.25) is 0 Å². The van der Waals surface area contributed by atoms with Gasteiger partial charge in [0.1, 0.15) is 0 Å². The molecule has 2 aliphatic rings. The minimum absolute atomic E-state index is 0.184. The van der Waals surface area contributed by atoms with E-state index in [2.05, 4.69) is 30.7 Å². The number of nitrogens with zero attached hydrogens (tertiary/aromatic N) is 2. The van der Waals surface area contributed by atoms with Gasteiger partial charge in [-0.05, 0) is 33.1 Å².